The molecule has 1 heterocycles. The summed E-state index contributed by atoms with van der Waals surface area (Å²) in [5, 5.41) is 0.0674. The standard InChI is InChI=1S/C28H40O4SeSi/c1-26(2,3)34(7,8)32-21-14-16-27(4,5)25-24(33(30)20-12-10-9-11-13-20)23(29)22(28(21,25)6)19-15-17-31-18-19/h9-13,15,17-18,21-22,24-25H,14,16H2,1-8H3/t21-,22+,24?,25-,28-,33?/m0/s1. The van der Waals surface area contributed by atoms with Crippen LogP contribution in [0.4, 0.5) is 0 Å². The Kier molecular flexibility index (Phi) is 6.55. The molecule has 0 bridgehead atoms. The summed E-state index contributed by atoms with van der Waals surface area (Å²) in [4.78, 5) is 13.9. The third-order valence-corrected chi connectivity index (χ3v) is 17.1. The van der Waals surface area contributed by atoms with Crippen molar-refractivity contribution in [2.75, 3.05) is 0 Å². The van der Waals surface area contributed by atoms with Gasteiger partial charge in [0.05, 0.1) is 0 Å². The van der Waals surface area contributed by atoms with Gasteiger partial charge < -0.3 is 0 Å². The van der Waals surface area contributed by atoms with Gasteiger partial charge in [-0.15, -0.1) is 0 Å². The van der Waals surface area contributed by atoms with Crippen molar-refractivity contribution in [1.82, 2.24) is 0 Å². The molecule has 1 aromatic carbocycles. The molecule has 2 aromatic rings. The molecule has 2 aliphatic carbocycles. The number of Topliss-reactive ketones (excluding diaryl/α,β-unsaturated/α-hetero) is 1. The number of fused-ring (bicyclic) bond motifs is 1. The summed E-state index contributed by atoms with van der Waals surface area (Å²) >= 11 is -2.65. The number of furan rings is 1. The Bertz CT molecular complexity index is 1050. The summed E-state index contributed by atoms with van der Waals surface area (Å²) in [5.74, 6) is -0.297. The van der Waals surface area contributed by atoms with Crippen LogP contribution in [0.2, 0.25) is 22.9 Å². The Morgan fingerprint density at radius 2 is 1.74 bits per heavy atom. The number of rotatable bonds is 5. The first kappa shape index (κ1) is 25.8. The van der Waals surface area contributed by atoms with Crippen molar-refractivity contribution in [3.05, 3.63) is 54.5 Å². The van der Waals surface area contributed by atoms with Gasteiger partial charge in [-0.25, -0.2) is 0 Å². The molecule has 0 aliphatic heterocycles. The van der Waals surface area contributed by atoms with Gasteiger partial charge in [0, 0.05) is 0 Å². The van der Waals surface area contributed by atoms with Crippen molar-refractivity contribution in [2.45, 2.75) is 89.4 Å². The van der Waals surface area contributed by atoms with Crippen LogP contribution in [0.5, 0.6) is 0 Å². The van der Waals surface area contributed by atoms with Crippen LogP contribution in [-0.4, -0.2) is 34.0 Å². The molecular formula is C28H40O4SeSi. The summed E-state index contributed by atoms with van der Waals surface area (Å²) in [6.45, 7) is 18.1. The SMILES string of the molecule is CC1(C)CC[C@H](O[Si](C)(C)C(C)(C)C)[C@@]2(C)[C@H](c3ccoc3)C(=O)C([Se](=O)c3ccccc3)[C@@H]12. The van der Waals surface area contributed by atoms with Crippen LogP contribution >= 0.6 is 0 Å². The van der Waals surface area contributed by atoms with Gasteiger partial charge in [0.15, 0.2) is 0 Å². The van der Waals surface area contributed by atoms with Crippen LogP contribution < -0.4 is 4.46 Å². The molecule has 0 spiro atoms. The second-order valence-electron chi connectivity index (χ2n) is 12.7. The quantitative estimate of drug-likeness (QED) is 0.402. The van der Waals surface area contributed by atoms with Crippen molar-refractivity contribution in [3.63, 3.8) is 0 Å². The molecule has 186 valence electrons. The molecule has 1 aromatic heterocycles. The Balaban J connectivity index is 1.88. The number of hydrogen-bond acceptors (Lipinski definition) is 4. The van der Waals surface area contributed by atoms with Gasteiger partial charge in [0.2, 0.25) is 0 Å². The number of carbonyl (C=O) groups excluding carboxylic acids is 1. The summed E-state index contributed by atoms with van der Waals surface area (Å²) in [6, 6.07) is 11.5. The molecule has 0 radical (unpaired) electrons. The fourth-order valence-corrected chi connectivity index (χ4v) is 11.9. The van der Waals surface area contributed by atoms with Crippen LogP contribution in [-0.2, 0) is 13.1 Å². The fourth-order valence-electron chi connectivity index (χ4n) is 6.36. The monoisotopic (exact) mass is 548 g/mol. The van der Waals surface area contributed by atoms with E-state index in [0.717, 1.165) is 22.9 Å². The molecule has 4 rings (SSSR count). The number of carbonyl (C=O) groups is 1. The van der Waals surface area contributed by atoms with Crippen molar-refractivity contribution in [1.29, 1.82) is 0 Å². The summed E-state index contributed by atoms with van der Waals surface area (Å²) in [6.07, 6.45) is 5.17. The summed E-state index contributed by atoms with van der Waals surface area (Å²) in [7, 11) is -2.10. The van der Waals surface area contributed by atoms with Gasteiger partial charge in [0.25, 0.3) is 0 Å². The third-order valence-electron chi connectivity index (χ3n) is 9.07. The Morgan fingerprint density at radius 3 is 2.29 bits per heavy atom. The van der Waals surface area contributed by atoms with E-state index in [1.807, 2.05) is 36.4 Å². The van der Waals surface area contributed by atoms with Crippen LogP contribution in [0.1, 0.15) is 65.9 Å². The van der Waals surface area contributed by atoms with Crippen LogP contribution in [0.25, 0.3) is 0 Å². The molecule has 0 saturated heterocycles. The van der Waals surface area contributed by atoms with Gasteiger partial charge in [-0.1, -0.05) is 0 Å². The van der Waals surface area contributed by atoms with Gasteiger partial charge in [-0.3, -0.25) is 0 Å². The minimum atomic E-state index is -2.65. The predicted octanol–water partition coefficient (Wildman–Crippen LogP) is 6.48. The number of ketones is 1. The fraction of sp³-hybridized carbons (Fsp3) is 0.607. The van der Waals surface area contributed by atoms with E-state index < -0.39 is 32.4 Å². The maximum atomic E-state index is 14.3. The van der Waals surface area contributed by atoms with Gasteiger partial charge in [-0.05, 0) is 0 Å². The Morgan fingerprint density at radius 1 is 1.09 bits per heavy atom. The first-order valence-corrected chi connectivity index (χ1v) is 17.9. The zero-order valence-corrected chi connectivity index (χ0v) is 24.6. The molecule has 0 amide bonds. The topological polar surface area (TPSA) is 56.5 Å². The van der Waals surface area contributed by atoms with E-state index in [0.29, 0.717) is 0 Å². The van der Waals surface area contributed by atoms with Crippen LogP contribution in [0, 0.1) is 16.7 Å². The first-order chi connectivity index (χ1) is 15.7. The molecule has 4 nitrogen and oxygen atoms in total. The second kappa shape index (κ2) is 8.65. The summed E-state index contributed by atoms with van der Waals surface area (Å²) in [5.41, 5.74) is 0.319. The molecule has 2 aliphatic rings. The molecular weight excluding hydrogens is 507 g/mol. The van der Waals surface area contributed by atoms with Gasteiger partial charge in [-0.2, -0.15) is 0 Å². The van der Waals surface area contributed by atoms with E-state index in [1.54, 1.807) is 12.5 Å². The molecule has 2 fully saturated rings. The van der Waals surface area contributed by atoms with E-state index in [1.165, 1.54) is 0 Å². The van der Waals surface area contributed by atoms with E-state index in [9.17, 15) is 8.63 Å². The van der Waals surface area contributed by atoms with Crippen molar-refractivity contribution in [2.24, 2.45) is 16.7 Å². The van der Waals surface area contributed by atoms with Gasteiger partial charge >= 0.3 is 210 Å². The average Bonchev–Trinajstić information content (AvgIpc) is 3.34. The summed E-state index contributed by atoms with van der Waals surface area (Å²) < 4.78 is 27.6. The first-order valence-electron chi connectivity index (χ1n) is 12.4. The van der Waals surface area contributed by atoms with Gasteiger partial charge in [0.1, 0.15) is 0 Å². The van der Waals surface area contributed by atoms with Crippen LogP contribution in [0.3, 0.4) is 0 Å². The zero-order valence-electron chi connectivity index (χ0n) is 21.9. The number of hydrogen-bond donors (Lipinski definition) is 0. The molecule has 6 atom stereocenters. The van der Waals surface area contributed by atoms with Crippen molar-refractivity contribution < 1.29 is 17.5 Å². The zero-order chi connectivity index (χ0) is 25.1. The predicted molar refractivity (Wildman–Crippen MR) is 139 cm³/mol. The minimum absolute atomic E-state index is 0.0291. The third kappa shape index (κ3) is 4.05. The molecule has 6 heteroatoms. The number of benzene rings is 1. The average molecular weight is 548 g/mol. The van der Waals surface area contributed by atoms with Crippen LogP contribution in [0.15, 0.2) is 53.3 Å². The maximum absolute atomic E-state index is 14.3. The van der Waals surface area contributed by atoms with E-state index >= 15 is 0 Å². The van der Waals surface area contributed by atoms with E-state index in [-0.39, 0.29) is 34.2 Å². The van der Waals surface area contributed by atoms with E-state index in [2.05, 4.69) is 54.6 Å². The Labute approximate surface area is 210 Å². The molecule has 2 saturated carbocycles. The van der Waals surface area contributed by atoms with Crippen molar-refractivity contribution >= 4 is 32.4 Å². The van der Waals surface area contributed by atoms with Crippen molar-refractivity contribution in [3.8, 4) is 0 Å². The van der Waals surface area contributed by atoms with E-state index in [4.69, 9.17) is 8.84 Å². The molecule has 0 N–H and O–H groups in total. The second-order valence-corrected chi connectivity index (χ2v) is 20.7. The molecule has 2 unspecified atom stereocenters. The Hall–Kier alpha value is -1.33. The normalized spacial score (nSPS) is 32.4. The molecule has 34 heavy (non-hydrogen) atoms.